The van der Waals surface area contributed by atoms with Crippen molar-refractivity contribution in [3.05, 3.63) is 39.0 Å². The lowest BCUT2D eigenvalue weighted by Crippen LogP contribution is -2.55. The number of rotatable bonds is 6. The molecule has 2 aliphatic heterocycles. The fraction of sp³-hybridized carbons (Fsp3) is 0.526. The van der Waals surface area contributed by atoms with E-state index in [0.29, 0.717) is 40.6 Å². The predicted octanol–water partition coefficient (Wildman–Crippen LogP) is 2.55. The van der Waals surface area contributed by atoms with E-state index in [4.69, 9.17) is 4.74 Å². The average Bonchev–Trinajstić information content (AvgIpc) is 3.22. The molecule has 2 aliphatic rings. The Morgan fingerprint density at radius 3 is 2.61 bits per heavy atom. The zero-order valence-corrected chi connectivity index (χ0v) is 20.9. The third-order valence-corrected chi connectivity index (χ3v) is 8.64. The first-order valence-corrected chi connectivity index (χ1v) is 13.0. The van der Waals surface area contributed by atoms with Gasteiger partial charge in [0.05, 0.1) is 24.2 Å². The molecular formula is C19H23Br2N5O4S. The number of carbonyl (C=O) groups is 1. The molecule has 1 aromatic carbocycles. The Morgan fingerprint density at radius 1 is 1.23 bits per heavy atom. The molecule has 0 spiro atoms. The highest BCUT2D eigenvalue weighted by Crippen LogP contribution is 2.38. The van der Waals surface area contributed by atoms with E-state index in [0.717, 1.165) is 6.42 Å². The van der Waals surface area contributed by atoms with E-state index in [-0.39, 0.29) is 29.3 Å². The van der Waals surface area contributed by atoms with Crippen molar-refractivity contribution in [1.29, 1.82) is 0 Å². The molecule has 12 heteroatoms. The van der Waals surface area contributed by atoms with Crippen molar-refractivity contribution in [1.82, 2.24) is 24.6 Å². The number of aromatic amines is 1. The van der Waals surface area contributed by atoms with Crippen LogP contribution in [-0.4, -0.2) is 71.3 Å². The molecule has 0 saturated carbocycles. The zero-order chi connectivity index (χ0) is 22.2. The van der Waals surface area contributed by atoms with Gasteiger partial charge in [0.1, 0.15) is 11.7 Å². The van der Waals surface area contributed by atoms with Crippen LogP contribution in [0.1, 0.15) is 25.0 Å². The number of nitrogens with zero attached hydrogens (tertiary/aromatic N) is 4. The van der Waals surface area contributed by atoms with Crippen molar-refractivity contribution in [3.8, 4) is 0 Å². The number of hydrogen-bond donors (Lipinski definition) is 1. The normalized spacial score (nSPS) is 24.9. The fourth-order valence-electron chi connectivity index (χ4n) is 4.55. The molecule has 1 aromatic heterocycles. The number of ether oxygens (including phenoxy) is 1. The van der Waals surface area contributed by atoms with Gasteiger partial charge in [-0.05, 0) is 37.5 Å². The Kier molecular flexibility index (Phi) is 6.82. The number of H-pyrrole nitrogens is 1. The molecule has 0 radical (unpaired) electrons. The molecule has 1 unspecified atom stereocenters. The maximum absolute atomic E-state index is 13.8. The Labute approximate surface area is 197 Å². The number of piperidine rings is 1. The van der Waals surface area contributed by atoms with Crippen LogP contribution in [0.4, 0.5) is 0 Å². The number of amides is 1. The largest absolute Gasteiger partial charge is 0.384 e. The smallest absolute Gasteiger partial charge is 0.244 e. The van der Waals surface area contributed by atoms with E-state index in [1.165, 1.54) is 4.31 Å². The molecule has 9 nitrogen and oxygen atoms in total. The molecule has 2 aromatic rings. The summed E-state index contributed by atoms with van der Waals surface area (Å²) in [5.74, 6) is -0.361. The Bertz CT molecular complexity index is 1030. The van der Waals surface area contributed by atoms with Crippen LogP contribution in [0.5, 0.6) is 0 Å². The molecule has 1 N–H and O–H groups in total. The number of benzene rings is 1. The number of aromatic nitrogens is 3. The van der Waals surface area contributed by atoms with Crippen molar-refractivity contribution < 1.29 is 17.9 Å². The summed E-state index contributed by atoms with van der Waals surface area (Å²) in [7, 11) is -2.33. The van der Waals surface area contributed by atoms with Crippen molar-refractivity contribution >= 4 is 47.8 Å². The highest BCUT2D eigenvalue weighted by Gasteiger charge is 2.50. The molecule has 3 atom stereocenters. The van der Waals surface area contributed by atoms with Gasteiger partial charge in [-0.1, -0.05) is 31.9 Å². The highest BCUT2D eigenvalue weighted by molar-refractivity contribution is 9.11. The fourth-order valence-corrected chi connectivity index (χ4v) is 8.11. The van der Waals surface area contributed by atoms with Crippen molar-refractivity contribution in [2.75, 3.05) is 20.3 Å². The Balaban J connectivity index is 1.77. The third kappa shape index (κ3) is 4.58. The molecule has 2 saturated heterocycles. The summed E-state index contributed by atoms with van der Waals surface area (Å²) in [4.78, 5) is 15.4. The topological polar surface area (TPSA) is 108 Å². The maximum Gasteiger partial charge on any atom is 0.244 e. The van der Waals surface area contributed by atoms with Crippen LogP contribution in [0.3, 0.4) is 0 Å². The average molecular weight is 577 g/mol. The van der Waals surface area contributed by atoms with Gasteiger partial charge in [0.15, 0.2) is 0 Å². The molecule has 3 heterocycles. The van der Waals surface area contributed by atoms with Crippen LogP contribution in [0, 0.1) is 5.92 Å². The van der Waals surface area contributed by atoms with Crippen LogP contribution in [0.2, 0.25) is 0 Å². The van der Waals surface area contributed by atoms with Gasteiger partial charge >= 0.3 is 0 Å². The minimum Gasteiger partial charge on any atom is -0.384 e. The summed E-state index contributed by atoms with van der Waals surface area (Å²) in [5, 5.41) is 10.4. The number of fused-ring (bicyclic) bond motifs is 2. The van der Waals surface area contributed by atoms with Crippen molar-refractivity contribution in [3.63, 3.8) is 0 Å². The minimum atomic E-state index is -3.92. The van der Waals surface area contributed by atoms with Gasteiger partial charge in [-0.3, -0.25) is 4.79 Å². The van der Waals surface area contributed by atoms with Gasteiger partial charge in [-0.2, -0.15) is 19.7 Å². The number of nitrogens with one attached hydrogen (secondary N) is 1. The lowest BCUT2D eigenvalue weighted by molar-refractivity contribution is -0.135. The van der Waals surface area contributed by atoms with Crippen LogP contribution >= 0.6 is 31.9 Å². The number of hydrogen-bond acceptors (Lipinski definition) is 6. The predicted molar refractivity (Wildman–Crippen MR) is 119 cm³/mol. The summed E-state index contributed by atoms with van der Waals surface area (Å²) in [6.45, 7) is 1.03. The second kappa shape index (κ2) is 9.26. The van der Waals surface area contributed by atoms with Gasteiger partial charge in [0.2, 0.25) is 15.9 Å². The first-order valence-electron chi connectivity index (χ1n) is 9.93. The van der Waals surface area contributed by atoms with Gasteiger partial charge < -0.3 is 9.64 Å². The molecule has 1 amide bonds. The van der Waals surface area contributed by atoms with Crippen molar-refractivity contribution in [2.24, 2.45) is 5.92 Å². The Morgan fingerprint density at radius 2 is 1.97 bits per heavy atom. The third-order valence-electron chi connectivity index (χ3n) is 5.82. The van der Waals surface area contributed by atoms with E-state index in [1.807, 2.05) is 0 Å². The monoisotopic (exact) mass is 575 g/mol. The number of sulfonamides is 1. The number of carbonyl (C=O) groups excluding carboxylic acids is 1. The molecule has 168 valence electrons. The molecule has 2 fully saturated rings. The highest BCUT2D eigenvalue weighted by atomic mass is 79.9. The summed E-state index contributed by atoms with van der Waals surface area (Å²) >= 11 is 6.75. The first kappa shape index (κ1) is 22.8. The summed E-state index contributed by atoms with van der Waals surface area (Å²) in [6.07, 6.45) is 3.53. The quantitative estimate of drug-likeness (QED) is 0.566. The lowest BCUT2D eigenvalue weighted by atomic mass is 9.91. The number of methoxy groups -OCH3 is 1. The van der Waals surface area contributed by atoms with E-state index in [9.17, 15) is 13.2 Å². The second-order valence-electron chi connectivity index (χ2n) is 7.85. The summed E-state index contributed by atoms with van der Waals surface area (Å²) in [5.41, 5.74) is 0.631. The van der Waals surface area contributed by atoms with Crippen molar-refractivity contribution in [2.45, 2.75) is 42.8 Å². The van der Waals surface area contributed by atoms with Crippen LogP contribution in [0.15, 0.2) is 38.2 Å². The van der Waals surface area contributed by atoms with Gasteiger partial charge in [-0.25, -0.2) is 8.42 Å². The molecule has 31 heavy (non-hydrogen) atoms. The van der Waals surface area contributed by atoms with Crippen LogP contribution in [-0.2, 0) is 26.1 Å². The van der Waals surface area contributed by atoms with E-state index >= 15 is 0 Å². The maximum atomic E-state index is 13.8. The van der Waals surface area contributed by atoms with E-state index in [2.05, 4.69) is 47.3 Å². The van der Waals surface area contributed by atoms with Crippen LogP contribution in [0.25, 0.3) is 0 Å². The van der Waals surface area contributed by atoms with E-state index < -0.39 is 16.1 Å². The standard InChI is InChI=1S/C19H23Br2N5O4S/c1-30-11-12-9-25(10-15-8-22-24-23-15)19(27)18-4-2-3-17(12)26(18)31(28,29)16-6-13(20)5-14(21)7-16/h5-8,12,17-18H,2-4,9-11H2,1H3,(H,22,23,24)/t12-,17+,18?/m1/s1. The SMILES string of the molecule is COC[C@H]1CN(Cc2cn[nH]n2)C(=O)C2CCC[C@@H]1N2S(=O)(=O)c1cc(Br)cc(Br)c1. The van der Waals surface area contributed by atoms with Gasteiger partial charge in [0.25, 0.3) is 0 Å². The number of halogens is 2. The minimum absolute atomic E-state index is 0.152. The zero-order valence-electron chi connectivity index (χ0n) is 16.9. The molecule has 4 rings (SSSR count). The first-order chi connectivity index (χ1) is 14.8. The van der Waals surface area contributed by atoms with Crippen LogP contribution < -0.4 is 0 Å². The van der Waals surface area contributed by atoms with Gasteiger partial charge in [0, 0.05) is 34.6 Å². The molecule has 2 bridgehead atoms. The van der Waals surface area contributed by atoms with E-state index in [1.54, 1.807) is 36.4 Å². The molecule has 0 aliphatic carbocycles. The Hall–Kier alpha value is -1.34. The van der Waals surface area contributed by atoms with Gasteiger partial charge in [-0.15, -0.1) is 0 Å². The summed E-state index contributed by atoms with van der Waals surface area (Å²) < 4.78 is 35.8. The second-order valence-corrected chi connectivity index (χ2v) is 11.5. The molecular weight excluding hydrogens is 554 g/mol. The lowest BCUT2D eigenvalue weighted by Gasteiger charge is -2.40. The summed E-state index contributed by atoms with van der Waals surface area (Å²) in [6, 6.07) is 3.84.